The van der Waals surface area contributed by atoms with Gasteiger partial charge in [0.1, 0.15) is 0 Å². The topological polar surface area (TPSA) is 47.3 Å². The first-order valence-electron chi connectivity index (χ1n) is 7.50. The largest absolute Gasteiger partial charge is 0.389 e. The summed E-state index contributed by atoms with van der Waals surface area (Å²) in [6.45, 7) is 8.39. The molecule has 1 unspecified atom stereocenters. The van der Waals surface area contributed by atoms with Crippen LogP contribution in [0.4, 0.5) is 5.69 Å². The van der Waals surface area contributed by atoms with Gasteiger partial charge in [0.2, 0.25) is 0 Å². The Morgan fingerprint density at radius 1 is 1.25 bits per heavy atom. The van der Waals surface area contributed by atoms with Crippen LogP contribution < -0.4 is 4.90 Å². The molecule has 1 fully saturated rings. The lowest BCUT2D eigenvalue weighted by Gasteiger charge is -2.36. The van der Waals surface area contributed by atoms with Crippen molar-refractivity contribution in [1.82, 2.24) is 0 Å². The second kappa shape index (κ2) is 6.28. The molecule has 1 saturated heterocycles. The Labute approximate surface area is 121 Å². The van der Waals surface area contributed by atoms with E-state index in [0.29, 0.717) is 5.56 Å². The van der Waals surface area contributed by atoms with Gasteiger partial charge in [-0.25, -0.2) is 0 Å². The summed E-state index contributed by atoms with van der Waals surface area (Å²) in [6, 6.07) is 7.77. The smallest absolute Gasteiger partial charge is 0.0992 e. The lowest BCUT2D eigenvalue weighted by Crippen LogP contribution is -2.36. The van der Waals surface area contributed by atoms with E-state index in [0.717, 1.165) is 36.2 Å². The number of hydrogen-bond donors (Lipinski definition) is 1. The third-order valence-electron chi connectivity index (χ3n) is 4.43. The Morgan fingerprint density at radius 2 is 1.90 bits per heavy atom. The van der Waals surface area contributed by atoms with E-state index >= 15 is 0 Å². The van der Waals surface area contributed by atoms with Crippen molar-refractivity contribution in [3.63, 3.8) is 0 Å². The summed E-state index contributed by atoms with van der Waals surface area (Å²) >= 11 is 0. The molecule has 0 amide bonds. The molecule has 1 aliphatic heterocycles. The molecule has 1 N–H and O–H groups in total. The Morgan fingerprint density at radius 3 is 2.40 bits per heavy atom. The molecule has 0 aromatic heterocycles. The molecule has 0 saturated carbocycles. The number of aliphatic hydroxyl groups excluding tert-OH is 1. The van der Waals surface area contributed by atoms with Gasteiger partial charge in [-0.1, -0.05) is 19.9 Å². The van der Waals surface area contributed by atoms with E-state index in [1.807, 2.05) is 12.1 Å². The zero-order valence-electron chi connectivity index (χ0n) is 12.6. The number of rotatable bonds is 3. The summed E-state index contributed by atoms with van der Waals surface area (Å²) < 4.78 is 0. The number of hydrogen-bond acceptors (Lipinski definition) is 3. The fourth-order valence-electron chi connectivity index (χ4n) is 3.05. The van der Waals surface area contributed by atoms with E-state index in [-0.39, 0.29) is 0 Å². The number of benzene rings is 1. The predicted octanol–water partition coefficient (Wildman–Crippen LogP) is 3.48. The average molecular weight is 272 g/mol. The SMILES string of the molecule is CC(O)c1ccc(C#N)cc1N1CCC(C(C)C)CC1. The van der Waals surface area contributed by atoms with E-state index in [9.17, 15) is 5.11 Å². The highest BCUT2D eigenvalue weighted by Gasteiger charge is 2.24. The van der Waals surface area contributed by atoms with Crippen molar-refractivity contribution in [3.8, 4) is 6.07 Å². The predicted molar refractivity (Wildman–Crippen MR) is 81.6 cm³/mol. The van der Waals surface area contributed by atoms with Gasteiger partial charge in [-0.15, -0.1) is 0 Å². The lowest BCUT2D eigenvalue weighted by atomic mass is 9.86. The third-order valence-corrected chi connectivity index (χ3v) is 4.43. The first-order chi connectivity index (χ1) is 9.52. The van der Waals surface area contributed by atoms with Crippen LogP contribution in [-0.2, 0) is 0 Å². The normalized spacial score (nSPS) is 18.1. The molecule has 108 valence electrons. The van der Waals surface area contributed by atoms with Crippen LogP contribution in [0.2, 0.25) is 0 Å². The average Bonchev–Trinajstić information content (AvgIpc) is 2.46. The lowest BCUT2D eigenvalue weighted by molar-refractivity contribution is 0.199. The molecule has 0 bridgehead atoms. The summed E-state index contributed by atoms with van der Waals surface area (Å²) in [7, 11) is 0. The molecule has 0 aliphatic carbocycles. The molecule has 2 rings (SSSR count). The van der Waals surface area contributed by atoms with E-state index in [1.54, 1.807) is 13.0 Å². The van der Waals surface area contributed by atoms with Crippen molar-refractivity contribution in [2.45, 2.75) is 39.7 Å². The molecule has 0 radical (unpaired) electrons. The van der Waals surface area contributed by atoms with Crippen molar-refractivity contribution < 1.29 is 5.11 Å². The van der Waals surface area contributed by atoms with Crippen molar-refractivity contribution in [3.05, 3.63) is 29.3 Å². The van der Waals surface area contributed by atoms with Crippen LogP contribution in [0.25, 0.3) is 0 Å². The Bertz CT molecular complexity index is 494. The van der Waals surface area contributed by atoms with Crippen molar-refractivity contribution in [2.24, 2.45) is 11.8 Å². The molecule has 1 aliphatic rings. The molecular weight excluding hydrogens is 248 g/mol. The van der Waals surface area contributed by atoms with Gasteiger partial charge in [0.05, 0.1) is 17.7 Å². The maximum Gasteiger partial charge on any atom is 0.0992 e. The minimum atomic E-state index is -0.499. The molecular formula is C17H24N2O. The molecule has 1 atom stereocenters. The van der Waals surface area contributed by atoms with Crippen LogP contribution in [-0.4, -0.2) is 18.2 Å². The van der Waals surface area contributed by atoms with E-state index in [4.69, 9.17) is 5.26 Å². The summed E-state index contributed by atoms with van der Waals surface area (Å²) in [6.07, 6.45) is 1.88. The zero-order valence-corrected chi connectivity index (χ0v) is 12.6. The van der Waals surface area contributed by atoms with Crippen molar-refractivity contribution >= 4 is 5.69 Å². The zero-order chi connectivity index (χ0) is 14.7. The van der Waals surface area contributed by atoms with Gasteiger partial charge in [-0.05, 0) is 43.7 Å². The summed E-state index contributed by atoms with van der Waals surface area (Å²) in [5.41, 5.74) is 2.61. The molecule has 1 aromatic rings. The standard InChI is InChI=1S/C17H24N2O/c1-12(2)15-6-8-19(9-7-15)17-10-14(11-18)4-5-16(17)13(3)20/h4-5,10,12-13,15,20H,6-9H2,1-3H3. The Balaban J connectivity index is 2.22. The minimum absolute atomic E-state index is 0.499. The van der Waals surface area contributed by atoms with Gasteiger partial charge >= 0.3 is 0 Å². The van der Waals surface area contributed by atoms with Crippen LogP contribution >= 0.6 is 0 Å². The molecule has 1 aromatic carbocycles. The van der Waals surface area contributed by atoms with Gasteiger partial charge in [0.25, 0.3) is 0 Å². The molecule has 0 spiro atoms. The Hall–Kier alpha value is -1.53. The fourth-order valence-corrected chi connectivity index (χ4v) is 3.05. The number of nitriles is 1. The number of nitrogens with zero attached hydrogens (tertiary/aromatic N) is 2. The first-order valence-corrected chi connectivity index (χ1v) is 7.50. The van der Waals surface area contributed by atoms with Gasteiger partial charge in [0, 0.05) is 24.3 Å². The van der Waals surface area contributed by atoms with Crippen LogP contribution in [0.15, 0.2) is 18.2 Å². The molecule has 3 nitrogen and oxygen atoms in total. The van der Waals surface area contributed by atoms with E-state index < -0.39 is 6.10 Å². The van der Waals surface area contributed by atoms with Gasteiger partial charge in [-0.2, -0.15) is 5.26 Å². The fraction of sp³-hybridized carbons (Fsp3) is 0.588. The highest BCUT2D eigenvalue weighted by molar-refractivity contribution is 5.58. The second-order valence-corrected chi connectivity index (χ2v) is 6.13. The maximum atomic E-state index is 9.93. The highest BCUT2D eigenvalue weighted by Crippen LogP contribution is 2.32. The molecule has 3 heteroatoms. The van der Waals surface area contributed by atoms with Crippen LogP contribution in [0.5, 0.6) is 0 Å². The number of aliphatic hydroxyl groups is 1. The number of anilines is 1. The van der Waals surface area contributed by atoms with Crippen LogP contribution in [0, 0.1) is 23.2 Å². The van der Waals surface area contributed by atoms with Crippen molar-refractivity contribution in [2.75, 3.05) is 18.0 Å². The molecule has 20 heavy (non-hydrogen) atoms. The minimum Gasteiger partial charge on any atom is -0.389 e. The second-order valence-electron chi connectivity index (χ2n) is 6.13. The van der Waals surface area contributed by atoms with E-state index in [2.05, 4.69) is 24.8 Å². The van der Waals surface area contributed by atoms with Gasteiger partial charge in [-0.3, -0.25) is 0 Å². The Kier molecular flexibility index (Phi) is 4.67. The monoisotopic (exact) mass is 272 g/mol. The summed E-state index contributed by atoms with van der Waals surface area (Å²) in [4.78, 5) is 2.32. The summed E-state index contributed by atoms with van der Waals surface area (Å²) in [5.74, 6) is 1.53. The number of piperidine rings is 1. The van der Waals surface area contributed by atoms with Crippen molar-refractivity contribution in [1.29, 1.82) is 5.26 Å². The third kappa shape index (κ3) is 3.13. The maximum absolute atomic E-state index is 9.93. The van der Waals surface area contributed by atoms with Crippen LogP contribution in [0.3, 0.4) is 0 Å². The van der Waals surface area contributed by atoms with Gasteiger partial charge in [0.15, 0.2) is 0 Å². The summed E-state index contributed by atoms with van der Waals surface area (Å²) in [5, 5.41) is 19.0. The van der Waals surface area contributed by atoms with Crippen LogP contribution in [0.1, 0.15) is 50.8 Å². The highest BCUT2D eigenvalue weighted by atomic mass is 16.3. The molecule has 1 heterocycles. The van der Waals surface area contributed by atoms with E-state index in [1.165, 1.54) is 12.8 Å². The van der Waals surface area contributed by atoms with Gasteiger partial charge < -0.3 is 10.0 Å². The quantitative estimate of drug-likeness (QED) is 0.916. The first kappa shape index (κ1) is 14.9.